The minimum Gasteiger partial charge on any atom is -0.415 e. The highest BCUT2D eigenvalue weighted by atomic mass is 16.5. The van der Waals surface area contributed by atoms with Crippen LogP contribution in [0.25, 0.3) is 0 Å². The van der Waals surface area contributed by atoms with E-state index in [1.54, 1.807) is 30.3 Å². The maximum atomic E-state index is 11.8. The molecule has 0 fully saturated rings. The van der Waals surface area contributed by atoms with Crippen molar-refractivity contribution in [3.63, 3.8) is 0 Å². The number of esters is 1. The predicted octanol–water partition coefficient (Wildman–Crippen LogP) is 0.442. The first-order valence-electron chi connectivity index (χ1n) is 5.03. The van der Waals surface area contributed by atoms with E-state index in [9.17, 15) is 4.79 Å². The molecule has 1 heterocycles. The number of nitrogen functional groups attached to an aromatic ring is 3. The predicted molar refractivity (Wildman–Crippen MR) is 66.7 cm³/mol. The quantitative estimate of drug-likeness (QED) is 0.654. The summed E-state index contributed by atoms with van der Waals surface area (Å²) in [6, 6.07) is 8.41. The monoisotopic (exact) mass is 245 g/mol. The molecular weight excluding hydrogens is 234 g/mol. The summed E-state index contributed by atoms with van der Waals surface area (Å²) in [7, 11) is 0. The van der Waals surface area contributed by atoms with Crippen LogP contribution in [0.5, 0.6) is 5.75 Å². The van der Waals surface area contributed by atoms with Gasteiger partial charge in [0.25, 0.3) is 0 Å². The van der Waals surface area contributed by atoms with Crippen LogP contribution >= 0.6 is 0 Å². The van der Waals surface area contributed by atoms with Crippen molar-refractivity contribution in [2.24, 2.45) is 0 Å². The summed E-state index contributed by atoms with van der Waals surface area (Å²) < 4.78 is 5.05. The van der Waals surface area contributed by atoms with Crippen LogP contribution in [0, 0.1) is 0 Å². The summed E-state index contributed by atoms with van der Waals surface area (Å²) in [5, 5.41) is 0. The van der Waals surface area contributed by atoms with Crippen LogP contribution in [0.4, 0.5) is 17.6 Å². The summed E-state index contributed by atoms with van der Waals surface area (Å²) in [5.74, 6) is -0.918. The van der Waals surface area contributed by atoms with Crippen molar-refractivity contribution in [3.05, 3.63) is 35.9 Å². The SMILES string of the molecule is Nc1nc(N)c(OC(=O)c2ccccc2)c(N)n1. The highest BCUT2D eigenvalue weighted by molar-refractivity contribution is 5.92. The van der Waals surface area contributed by atoms with Gasteiger partial charge in [-0.1, -0.05) is 18.2 Å². The van der Waals surface area contributed by atoms with Crippen LogP contribution in [-0.4, -0.2) is 15.9 Å². The van der Waals surface area contributed by atoms with E-state index in [1.807, 2.05) is 0 Å². The Morgan fingerprint density at radius 1 is 1.00 bits per heavy atom. The van der Waals surface area contributed by atoms with Crippen LogP contribution < -0.4 is 21.9 Å². The molecule has 7 heteroatoms. The van der Waals surface area contributed by atoms with Gasteiger partial charge in [-0.25, -0.2) is 4.79 Å². The van der Waals surface area contributed by atoms with Gasteiger partial charge < -0.3 is 21.9 Å². The first kappa shape index (κ1) is 11.6. The van der Waals surface area contributed by atoms with Gasteiger partial charge in [-0.05, 0) is 12.1 Å². The number of aromatic nitrogens is 2. The Bertz CT molecular complexity index is 562. The minimum atomic E-state index is -0.595. The zero-order valence-electron chi connectivity index (χ0n) is 9.33. The lowest BCUT2D eigenvalue weighted by Crippen LogP contribution is -2.13. The largest absolute Gasteiger partial charge is 0.415 e. The van der Waals surface area contributed by atoms with Crippen molar-refractivity contribution in [1.82, 2.24) is 9.97 Å². The van der Waals surface area contributed by atoms with Crippen LogP contribution in [-0.2, 0) is 0 Å². The highest BCUT2D eigenvalue weighted by Gasteiger charge is 2.15. The molecule has 0 aliphatic heterocycles. The molecule has 0 amide bonds. The molecule has 0 saturated carbocycles. The van der Waals surface area contributed by atoms with Crippen molar-refractivity contribution in [2.75, 3.05) is 17.2 Å². The molecule has 0 unspecified atom stereocenters. The number of hydrogen-bond donors (Lipinski definition) is 3. The van der Waals surface area contributed by atoms with Crippen LogP contribution in [0.3, 0.4) is 0 Å². The van der Waals surface area contributed by atoms with Gasteiger partial charge in [0.1, 0.15) is 0 Å². The van der Waals surface area contributed by atoms with Gasteiger partial charge >= 0.3 is 5.97 Å². The lowest BCUT2D eigenvalue weighted by atomic mass is 10.2. The Morgan fingerprint density at radius 3 is 2.11 bits per heavy atom. The second-order valence-corrected chi connectivity index (χ2v) is 3.44. The normalized spacial score (nSPS) is 10.0. The van der Waals surface area contributed by atoms with E-state index in [4.69, 9.17) is 21.9 Å². The molecule has 0 aliphatic carbocycles. The molecule has 0 spiro atoms. The number of anilines is 3. The number of nitrogens with two attached hydrogens (primary N) is 3. The minimum absolute atomic E-state index is 0.0792. The molecule has 1 aromatic carbocycles. The molecule has 92 valence electrons. The molecule has 18 heavy (non-hydrogen) atoms. The zero-order chi connectivity index (χ0) is 13.1. The number of carbonyl (C=O) groups excluding carboxylic acids is 1. The number of ether oxygens (including phenoxy) is 1. The van der Waals surface area contributed by atoms with Gasteiger partial charge in [-0.15, -0.1) is 0 Å². The molecule has 2 rings (SSSR count). The smallest absolute Gasteiger partial charge is 0.343 e. The zero-order valence-corrected chi connectivity index (χ0v) is 9.33. The topological polar surface area (TPSA) is 130 Å². The molecule has 6 N–H and O–H groups in total. The van der Waals surface area contributed by atoms with E-state index in [0.717, 1.165) is 0 Å². The van der Waals surface area contributed by atoms with Gasteiger partial charge in [-0.3, -0.25) is 0 Å². The van der Waals surface area contributed by atoms with E-state index < -0.39 is 5.97 Å². The van der Waals surface area contributed by atoms with Crippen molar-refractivity contribution < 1.29 is 9.53 Å². The van der Waals surface area contributed by atoms with E-state index in [2.05, 4.69) is 9.97 Å². The fraction of sp³-hybridized carbons (Fsp3) is 0. The van der Waals surface area contributed by atoms with E-state index >= 15 is 0 Å². The Labute approximate surface area is 103 Å². The third-order valence-electron chi connectivity index (χ3n) is 2.14. The first-order valence-corrected chi connectivity index (χ1v) is 5.03. The van der Waals surface area contributed by atoms with Gasteiger partial charge in [0.2, 0.25) is 11.7 Å². The van der Waals surface area contributed by atoms with Gasteiger partial charge in [0.15, 0.2) is 11.6 Å². The lowest BCUT2D eigenvalue weighted by Gasteiger charge is -2.08. The molecular formula is C11H11N5O2. The summed E-state index contributed by atoms with van der Waals surface area (Å²) in [5.41, 5.74) is 16.8. The molecule has 0 saturated heterocycles. The number of rotatable bonds is 2. The summed E-state index contributed by atoms with van der Waals surface area (Å²) >= 11 is 0. The summed E-state index contributed by atoms with van der Waals surface area (Å²) in [4.78, 5) is 19.1. The summed E-state index contributed by atoms with van der Waals surface area (Å²) in [6.45, 7) is 0. The third-order valence-corrected chi connectivity index (χ3v) is 2.14. The molecule has 0 atom stereocenters. The van der Waals surface area contributed by atoms with Crippen molar-refractivity contribution in [3.8, 4) is 5.75 Å². The Kier molecular flexibility index (Phi) is 2.96. The average Bonchev–Trinajstić information content (AvgIpc) is 2.34. The maximum Gasteiger partial charge on any atom is 0.343 e. The molecule has 7 nitrogen and oxygen atoms in total. The van der Waals surface area contributed by atoms with Crippen LogP contribution in [0.2, 0.25) is 0 Å². The standard InChI is InChI=1S/C11H11N5O2/c12-8-7(9(13)16-11(14)15-8)18-10(17)6-4-2-1-3-5-6/h1-5H,(H6,12,13,14,15,16). The molecule has 2 aromatic rings. The highest BCUT2D eigenvalue weighted by Crippen LogP contribution is 2.26. The van der Waals surface area contributed by atoms with Crippen molar-refractivity contribution in [2.45, 2.75) is 0 Å². The lowest BCUT2D eigenvalue weighted by molar-refractivity contribution is 0.0736. The second-order valence-electron chi connectivity index (χ2n) is 3.44. The second kappa shape index (κ2) is 4.58. The van der Waals surface area contributed by atoms with Crippen LogP contribution in [0.15, 0.2) is 30.3 Å². The first-order chi connectivity index (χ1) is 8.58. The fourth-order valence-electron chi connectivity index (χ4n) is 1.34. The van der Waals surface area contributed by atoms with Gasteiger partial charge in [0, 0.05) is 0 Å². The van der Waals surface area contributed by atoms with E-state index in [1.165, 1.54) is 0 Å². The Morgan fingerprint density at radius 2 is 1.56 bits per heavy atom. The molecule has 1 aromatic heterocycles. The molecule has 0 aliphatic rings. The average molecular weight is 245 g/mol. The molecule has 0 radical (unpaired) electrons. The number of nitrogens with zero attached hydrogens (tertiary/aromatic N) is 2. The summed E-state index contributed by atoms with van der Waals surface area (Å²) in [6.07, 6.45) is 0. The van der Waals surface area contributed by atoms with E-state index in [-0.39, 0.29) is 23.3 Å². The molecule has 0 bridgehead atoms. The van der Waals surface area contributed by atoms with Gasteiger partial charge in [-0.2, -0.15) is 9.97 Å². The number of carbonyl (C=O) groups is 1. The Hall–Kier alpha value is -2.83. The fourth-order valence-corrected chi connectivity index (χ4v) is 1.34. The van der Waals surface area contributed by atoms with Crippen molar-refractivity contribution in [1.29, 1.82) is 0 Å². The van der Waals surface area contributed by atoms with Crippen LogP contribution in [0.1, 0.15) is 10.4 Å². The van der Waals surface area contributed by atoms with Crippen molar-refractivity contribution >= 4 is 23.6 Å². The Balaban J connectivity index is 2.28. The third kappa shape index (κ3) is 2.29. The number of benzene rings is 1. The number of hydrogen-bond acceptors (Lipinski definition) is 7. The van der Waals surface area contributed by atoms with Gasteiger partial charge in [0.05, 0.1) is 5.56 Å². The van der Waals surface area contributed by atoms with E-state index in [0.29, 0.717) is 5.56 Å². The maximum absolute atomic E-state index is 11.8.